The summed E-state index contributed by atoms with van der Waals surface area (Å²) in [4.78, 5) is 34.7. The van der Waals surface area contributed by atoms with Gasteiger partial charge >= 0.3 is 0 Å². The Balaban J connectivity index is 1.37. The van der Waals surface area contributed by atoms with Gasteiger partial charge in [0.25, 0.3) is 5.56 Å². The fourth-order valence-electron chi connectivity index (χ4n) is 3.05. The van der Waals surface area contributed by atoms with E-state index >= 15 is 0 Å². The zero-order chi connectivity index (χ0) is 20.2. The number of carbonyl (C=O) groups excluding carboxylic acids is 1. The summed E-state index contributed by atoms with van der Waals surface area (Å²) in [5.41, 5.74) is 2.52. The number of hydrogen-bond donors (Lipinski definition) is 1. The van der Waals surface area contributed by atoms with Gasteiger partial charge in [0.2, 0.25) is 5.91 Å². The number of hydrogen-bond acceptors (Lipinski definition) is 5. The summed E-state index contributed by atoms with van der Waals surface area (Å²) in [7, 11) is 0. The second kappa shape index (κ2) is 8.36. The minimum Gasteiger partial charge on any atom is -0.351 e. The molecule has 6 nitrogen and oxygen atoms in total. The van der Waals surface area contributed by atoms with Gasteiger partial charge in [-0.05, 0) is 19.1 Å². The first-order valence-electron chi connectivity index (χ1n) is 9.34. The topological polar surface area (TPSA) is 76.9 Å². The van der Waals surface area contributed by atoms with E-state index in [1.165, 1.54) is 10.9 Å². The Hall–Kier alpha value is -3.32. The Bertz CT molecular complexity index is 1210. The monoisotopic (exact) mass is 404 g/mol. The van der Waals surface area contributed by atoms with Crippen LogP contribution in [0.25, 0.3) is 21.5 Å². The van der Waals surface area contributed by atoms with Gasteiger partial charge in [-0.15, -0.1) is 11.3 Å². The van der Waals surface area contributed by atoms with E-state index in [4.69, 9.17) is 0 Å². The van der Waals surface area contributed by atoms with Gasteiger partial charge in [-0.25, -0.2) is 9.97 Å². The molecule has 0 aliphatic rings. The van der Waals surface area contributed by atoms with E-state index in [1.54, 1.807) is 23.5 Å². The van der Waals surface area contributed by atoms with Crippen molar-refractivity contribution in [2.75, 3.05) is 0 Å². The quantitative estimate of drug-likeness (QED) is 0.533. The van der Waals surface area contributed by atoms with Crippen LogP contribution in [-0.4, -0.2) is 20.4 Å². The van der Waals surface area contributed by atoms with E-state index in [-0.39, 0.29) is 17.9 Å². The Labute approximate surface area is 171 Å². The molecule has 0 radical (unpaired) electrons. The van der Waals surface area contributed by atoms with Crippen LogP contribution < -0.4 is 10.9 Å². The number of carbonyl (C=O) groups is 1. The van der Waals surface area contributed by atoms with E-state index in [0.29, 0.717) is 24.0 Å². The summed E-state index contributed by atoms with van der Waals surface area (Å²) >= 11 is 1.58. The highest BCUT2D eigenvalue weighted by Gasteiger charge is 2.11. The van der Waals surface area contributed by atoms with E-state index in [9.17, 15) is 9.59 Å². The molecule has 0 saturated heterocycles. The number of nitrogens with one attached hydrogen (secondary N) is 1. The predicted molar refractivity (Wildman–Crippen MR) is 115 cm³/mol. The number of nitrogens with zero attached hydrogens (tertiary/aromatic N) is 3. The second-order valence-corrected chi connectivity index (χ2v) is 7.76. The molecule has 146 valence electrons. The Morgan fingerprint density at radius 3 is 2.69 bits per heavy atom. The SMILES string of the molecule is Cc1nc(-c2ccccc2)sc1CNC(=O)CCn1cnc2ccccc2c1=O. The molecule has 2 aromatic carbocycles. The first-order chi connectivity index (χ1) is 14.1. The van der Waals surface area contributed by atoms with Gasteiger partial charge in [0.15, 0.2) is 0 Å². The van der Waals surface area contributed by atoms with Gasteiger partial charge in [-0.2, -0.15) is 0 Å². The molecule has 2 heterocycles. The summed E-state index contributed by atoms with van der Waals surface area (Å²) in [5, 5.41) is 4.43. The van der Waals surface area contributed by atoms with Gasteiger partial charge in [-0.1, -0.05) is 42.5 Å². The maximum atomic E-state index is 12.5. The van der Waals surface area contributed by atoms with Crippen LogP contribution in [0.15, 0.2) is 65.7 Å². The van der Waals surface area contributed by atoms with Crippen molar-refractivity contribution in [3.8, 4) is 10.6 Å². The van der Waals surface area contributed by atoms with E-state index in [0.717, 1.165) is 21.1 Å². The van der Waals surface area contributed by atoms with Crippen molar-refractivity contribution >= 4 is 28.1 Å². The molecule has 0 fully saturated rings. The van der Waals surface area contributed by atoms with Crippen LogP contribution in [0.5, 0.6) is 0 Å². The van der Waals surface area contributed by atoms with Crippen LogP contribution in [0.3, 0.4) is 0 Å². The molecule has 0 unspecified atom stereocenters. The lowest BCUT2D eigenvalue weighted by atomic mass is 10.2. The summed E-state index contributed by atoms with van der Waals surface area (Å²) in [6.45, 7) is 2.67. The molecule has 0 aliphatic heterocycles. The number of aryl methyl sites for hydroxylation is 2. The zero-order valence-corrected chi connectivity index (χ0v) is 16.8. The average molecular weight is 404 g/mol. The van der Waals surface area contributed by atoms with E-state index in [2.05, 4.69) is 15.3 Å². The lowest BCUT2D eigenvalue weighted by Crippen LogP contribution is -2.27. The molecular weight excluding hydrogens is 384 g/mol. The second-order valence-electron chi connectivity index (χ2n) is 6.68. The fraction of sp³-hybridized carbons (Fsp3) is 0.182. The number of thiazole rings is 1. The lowest BCUT2D eigenvalue weighted by molar-refractivity contribution is -0.121. The van der Waals surface area contributed by atoms with Crippen LogP contribution >= 0.6 is 11.3 Å². The largest absolute Gasteiger partial charge is 0.351 e. The third-order valence-corrected chi connectivity index (χ3v) is 5.88. The molecule has 0 atom stereocenters. The standard InChI is InChI=1S/C22H20N4O2S/c1-15-19(29-21(25-15)16-7-3-2-4-8-16)13-23-20(27)11-12-26-14-24-18-10-6-5-9-17(18)22(26)28/h2-10,14H,11-13H2,1H3,(H,23,27). The van der Waals surface area contributed by atoms with Gasteiger partial charge < -0.3 is 5.32 Å². The molecule has 29 heavy (non-hydrogen) atoms. The molecule has 2 aromatic heterocycles. The summed E-state index contributed by atoms with van der Waals surface area (Å²) in [5.74, 6) is -0.112. The number of benzene rings is 2. The highest BCUT2D eigenvalue weighted by atomic mass is 32.1. The molecule has 0 saturated carbocycles. The highest BCUT2D eigenvalue weighted by molar-refractivity contribution is 7.15. The minimum atomic E-state index is -0.130. The molecule has 0 spiro atoms. The van der Waals surface area contributed by atoms with Gasteiger partial charge in [-0.3, -0.25) is 14.2 Å². The van der Waals surface area contributed by atoms with Crippen molar-refractivity contribution in [2.24, 2.45) is 0 Å². The first kappa shape index (κ1) is 19.0. The lowest BCUT2D eigenvalue weighted by Gasteiger charge is -2.07. The fourth-order valence-corrected chi connectivity index (χ4v) is 4.06. The van der Waals surface area contributed by atoms with Crippen molar-refractivity contribution in [2.45, 2.75) is 26.4 Å². The maximum Gasteiger partial charge on any atom is 0.261 e. The Kier molecular flexibility index (Phi) is 5.48. The molecule has 1 N–H and O–H groups in total. The van der Waals surface area contributed by atoms with Gasteiger partial charge in [0.05, 0.1) is 29.5 Å². The molecule has 7 heteroatoms. The predicted octanol–water partition coefficient (Wildman–Crippen LogP) is 3.53. The van der Waals surface area contributed by atoms with Gasteiger partial charge in [0.1, 0.15) is 5.01 Å². The third kappa shape index (κ3) is 4.25. The first-order valence-corrected chi connectivity index (χ1v) is 10.2. The number of amides is 1. The molecule has 4 rings (SSSR count). The summed E-state index contributed by atoms with van der Waals surface area (Å²) in [6, 6.07) is 17.2. The van der Waals surface area contributed by atoms with Crippen LogP contribution in [0.1, 0.15) is 17.0 Å². The van der Waals surface area contributed by atoms with Crippen LogP contribution in [0.4, 0.5) is 0 Å². The number of fused-ring (bicyclic) bond motifs is 1. The van der Waals surface area contributed by atoms with Gasteiger partial charge in [0, 0.05) is 23.4 Å². The number of para-hydroxylation sites is 1. The Morgan fingerprint density at radius 2 is 1.86 bits per heavy atom. The van der Waals surface area contributed by atoms with Crippen molar-refractivity contribution in [1.29, 1.82) is 0 Å². The smallest absolute Gasteiger partial charge is 0.261 e. The summed E-state index contributed by atoms with van der Waals surface area (Å²) < 4.78 is 1.48. The highest BCUT2D eigenvalue weighted by Crippen LogP contribution is 2.27. The van der Waals surface area contributed by atoms with Crippen molar-refractivity contribution in [3.05, 3.63) is 81.8 Å². The number of aromatic nitrogens is 3. The van der Waals surface area contributed by atoms with E-state index < -0.39 is 0 Å². The molecule has 0 aliphatic carbocycles. The van der Waals surface area contributed by atoms with Crippen molar-refractivity contribution in [3.63, 3.8) is 0 Å². The molecule has 0 bridgehead atoms. The number of rotatable bonds is 6. The van der Waals surface area contributed by atoms with Crippen molar-refractivity contribution in [1.82, 2.24) is 19.9 Å². The van der Waals surface area contributed by atoms with E-state index in [1.807, 2.05) is 49.4 Å². The molecule has 1 amide bonds. The van der Waals surface area contributed by atoms with Crippen LogP contribution in [-0.2, 0) is 17.9 Å². The average Bonchev–Trinajstić information content (AvgIpc) is 3.13. The Morgan fingerprint density at radius 1 is 1.10 bits per heavy atom. The van der Waals surface area contributed by atoms with Crippen LogP contribution in [0.2, 0.25) is 0 Å². The minimum absolute atomic E-state index is 0.112. The summed E-state index contributed by atoms with van der Waals surface area (Å²) in [6.07, 6.45) is 1.71. The van der Waals surface area contributed by atoms with Crippen LogP contribution in [0, 0.1) is 6.92 Å². The third-order valence-electron chi connectivity index (χ3n) is 4.67. The van der Waals surface area contributed by atoms with Crippen molar-refractivity contribution < 1.29 is 4.79 Å². The maximum absolute atomic E-state index is 12.5. The zero-order valence-electron chi connectivity index (χ0n) is 16.0. The molecule has 4 aromatic rings. The molecular formula is C22H20N4O2S. The normalized spacial score (nSPS) is 10.9.